The average molecular weight is 350 g/mol. The van der Waals surface area contributed by atoms with Crippen LogP contribution in [0.1, 0.15) is 57.9 Å². The highest BCUT2D eigenvalue weighted by Crippen LogP contribution is 2.14. The Labute approximate surface area is 150 Å². The second kappa shape index (κ2) is 12.3. The SMILES string of the molecule is CCCCC(CC)COC(=O)CCC(=O)OCc1ccc(OC)cc1. The van der Waals surface area contributed by atoms with E-state index in [4.69, 9.17) is 14.2 Å². The molecule has 1 rings (SSSR count). The number of rotatable bonds is 12. The van der Waals surface area contributed by atoms with Crippen LogP contribution < -0.4 is 4.74 Å². The lowest BCUT2D eigenvalue weighted by atomic mass is 10.0. The Balaban J connectivity index is 2.20. The molecule has 0 spiro atoms. The van der Waals surface area contributed by atoms with Gasteiger partial charge in [0.1, 0.15) is 12.4 Å². The first-order valence-electron chi connectivity index (χ1n) is 9.03. The van der Waals surface area contributed by atoms with E-state index >= 15 is 0 Å². The van der Waals surface area contributed by atoms with Crippen molar-refractivity contribution >= 4 is 11.9 Å². The van der Waals surface area contributed by atoms with Crippen LogP contribution in [0.25, 0.3) is 0 Å². The van der Waals surface area contributed by atoms with E-state index in [0.717, 1.165) is 37.0 Å². The molecule has 0 aliphatic rings. The van der Waals surface area contributed by atoms with Crippen LogP contribution in [0.2, 0.25) is 0 Å². The largest absolute Gasteiger partial charge is 0.497 e. The van der Waals surface area contributed by atoms with Crippen LogP contribution in [-0.4, -0.2) is 25.7 Å². The van der Waals surface area contributed by atoms with Gasteiger partial charge in [0, 0.05) is 0 Å². The third kappa shape index (κ3) is 9.13. The van der Waals surface area contributed by atoms with Gasteiger partial charge >= 0.3 is 11.9 Å². The second-order valence-electron chi connectivity index (χ2n) is 6.11. The lowest BCUT2D eigenvalue weighted by Gasteiger charge is -2.14. The highest BCUT2D eigenvalue weighted by molar-refractivity contribution is 5.77. The molecule has 0 saturated heterocycles. The number of benzene rings is 1. The lowest BCUT2D eigenvalue weighted by Crippen LogP contribution is -2.15. The van der Waals surface area contributed by atoms with Crippen LogP contribution in [0.15, 0.2) is 24.3 Å². The van der Waals surface area contributed by atoms with Gasteiger partial charge in [-0.25, -0.2) is 0 Å². The van der Waals surface area contributed by atoms with Gasteiger partial charge in [-0.1, -0.05) is 45.2 Å². The Morgan fingerprint density at radius 2 is 1.64 bits per heavy atom. The molecule has 0 radical (unpaired) electrons. The monoisotopic (exact) mass is 350 g/mol. The topological polar surface area (TPSA) is 61.8 Å². The fourth-order valence-corrected chi connectivity index (χ4v) is 2.34. The first kappa shape index (κ1) is 21.0. The molecule has 0 aromatic heterocycles. The average Bonchev–Trinajstić information content (AvgIpc) is 2.65. The Hall–Kier alpha value is -2.04. The van der Waals surface area contributed by atoms with Gasteiger partial charge in [0.15, 0.2) is 0 Å². The second-order valence-corrected chi connectivity index (χ2v) is 6.11. The van der Waals surface area contributed by atoms with Gasteiger partial charge in [-0.15, -0.1) is 0 Å². The van der Waals surface area contributed by atoms with E-state index in [1.54, 1.807) is 7.11 Å². The van der Waals surface area contributed by atoms with Crippen molar-refractivity contribution in [1.29, 1.82) is 0 Å². The highest BCUT2D eigenvalue weighted by Gasteiger charge is 2.12. The summed E-state index contributed by atoms with van der Waals surface area (Å²) < 4.78 is 15.5. The van der Waals surface area contributed by atoms with Crippen LogP contribution in [0, 0.1) is 5.92 Å². The molecule has 0 aliphatic heterocycles. The Morgan fingerprint density at radius 1 is 1.00 bits per heavy atom. The number of esters is 2. The molecule has 0 saturated carbocycles. The summed E-state index contributed by atoms with van der Waals surface area (Å²) in [7, 11) is 1.60. The molecule has 0 amide bonds. The molecule has 0 aliphatic carbocycles. The lowest BCUT2D eigenvalue weighted by molar-refractivity contribution is -0.151. The van der Waals surface area contributed by atoms with E-state index in [-0.39, 0.29) is 25.4 Å². The molecule has 5 heteroatoms. The standard InChI is InChI=1S/C20H30O5/c1-4-6-7-16(5-2)14-24-19(21)12-13-20(22)25-15-17-8-10-18(23-3)11-9-17/h8-11,16H,4-7,12-15H2,1-3H3. The zero-order chi connectivity index (χ0) is 18.5. The highest BCUT2D eigenvalue weighted by atomic mass is 16.5. The van der Waals surface area contributed by atoms with Crippen molar-refractivity contribution in [3.05, 3.63) is 29.8 Å². The first-order chi connectivity index (χ1) is 12.1. The molecule has 0 heterocycles. The van der Waals surface area contributed by atoms with Crippen molar-refractivity contribution < 1.29 is 23.8 Å². The van der Waals surface area contributed by atoms with E-state index < -0.39 is 5.97 Å². The summed E-state index contributed by atoms with van der Waals surface area (Å²) in [5, 5.41) is 0. The minimum atomic E-state index is -0.397. The maximum Gasteiger partial charge on any atom is 0.306 e. The van der Waals surface area contributed by atoms with Gasteiger partial charge in [-0.2, -0.15) is 0 Å². The molecule has 1 aromatic rings. The number of methoxy groups -OCH3 is 1. The summed E-state index contributed by atoms with van der Waals surface area (Å²) in [6.45, 7) is 4.88. The number of hydrogen-bond donors (Lipinski definition) is 0. The van der Waals surface area contributed by atoms with Crippen LogP contribution in [-0.2, 0) is 25.7 Å². The predicted octanol–water partition coefficient (Wildman–Crippen LogP) is 4.28. The maximum atomic E-state index is 11.7. The van der Waals surface area contributed by atoms with Gasteiger partial charge < -0.3 is 14.2 Å². The molecule has 0 bridgehead atoms. The number of carbonyl (C=O) groups is 2. The van der Waals surface area contributed by atoms with Crippen molar-refractivity contribution in [2.75, 3.05) is 13.7 Å². The fourth-order valence-electron chi connectivity index (χ4n) is 2.34. The minimum absolute atomic E-state index is 0.0424. The molecule has 1 aromatic carbocycles. The van der Waals surface area contributed by atoms with E-state index in [2.05, 4.69) is 13.8 Å². The molecule has 1 unspecified atom stereocenters. The summed E-state index contributed by atoms with van der Waals surface area (Å²) in [4.78, 5) is 23.5. The molecular weight excluding hydrogens is 320 g/mol. The van der Waals surface area contributed by atoms with Crippen LogP contribution in [0.4, 0.5) is 0 Å². The van der Waals surface area contributed by atoms with Gasteiger partial charge in [0.2, 0.25) is 0 Å². The Kier molecular flexibility index (Phi) is 10.4. The number of ether oxygens (including phenoxy) is 3. The fraction of sp³-hybridized carbons (Fsp3) is 0.600. The van der Waals surface area contributed by atoms with E-state index in [9.17, 15) is 9.59 Å². The molecule has 5 nitrogen and oxygen atoms in total. The number of carbonyl (C=O) groups excluding carboxylic acids is 2. The maximum absolute atomic E-state index is 11.7. The van der Waals surface area contributed by atoms with Crippen molar-refractivity contribution in [1.82, 2.24) is 0 Å². The molecule has 140 valence electrons. The molecule has 25 heavy (non-hydrogen) atoms. The summed E-state index contributed by atoms with van der Waals surface area (Å²) in [5.41, 5.74) is 0.874. The molecular formula is C20H30O5. The summed E-state index contributed by atoms with van der Waals surface area (Å²) in [6.07, 6.45) is 4.46. The summed E-state index contributed by atoms with van der Waals surface area (Å²) >= 11 is 0. The van der Waals surface area contributed by atoms with Crippen molar-refractivity contribution in [3.8, 4) is 5.75 Å². The Morgan fingerprint density at radius 3 is 2.20 bits per heavy atom. The predicted molar refractivity (Wildman–Crippen MR) is 96.3 cm³/mol. The normalized spacial score (nSPS) is 11.6. The minimum Gasteiger partial charge on any atom is -0.497 e. The van der Waals surface area contributed by atoms with Crippen LogP contribution in [0.5, 0.6) is 5.75 Å². The smallest absolute Gasteiger partial charge is 0.306 e. The van der Waals surface area contributed by atoms with Crippen molar-refractivity contribution in [2.24, 2.45) is 5.92 Å². The molecule has 0 N–H and O–H groups in total. The Bertz CT molecular complexity index is 509. The van der Waals surface area contributed by atoms with Gasteiger partial charge in [0.05, 0.1) is 26.6 Å². The zero-order valence-electron chi connectivity index (χ0n) is 15.6. The van der Waals surface area contributed by atoms with Crippen molar-refractivity contribution in [3.63, 3.8) is 0 Å². The summed E-state index contributed by atoms with van der Waals surface area (Å²) in [5.74, 6) is 0.426. The molecule has 0 fully saturated rings. The number of unbranched alkanes of at least 4 members (excludes halogenated alkanes) is 1. The zero-order valence-corrected chi connectivity index (χ0v) is 15.6. The molecule has 1 atom stereocenters. The number of hydrogen-bond acceptors (Lipinski definition) is 5. The third-order valence-electron chi connectivity index (χ3n) is 4.12. The van der Waals surface area contributed by atoms with E-state index in [1.807, 2.05) is 24.3 Å². The van der Waals surface area contributed by atoms with E-state index in [0.29, 0.717) is 12.5 Å². The van der Waals surface area contributed by atoms with E-state index in [1.165, 1.54) is 0 Å². The van der Waals surface area contributed by atoms with Crippen molar-refractivity contribution in [2.45, 2.75) is 59.0 Å². The third-order valence-corrected chi connectivity index (χ3v) is 4.12. The quantitative estimate of drug-likeness (QED) is 0.527. The van der Waals surface area contributed by atoms with Crippen LogP contribution in [0.3, 0.4) is 0 Å². The first-order valence-corrected chi connectivity index (χ1v) is 9.03. The van der Waals surface area contributed by atoms with Crippen LogP contribution >= 0.6 is 0 Å². The van der Waals surface area contributed by atoms with Gasteiger partial charge in [-0.3, -0.25) is 9.59 Å². The van der Waals surface area contributed by atoms with Gasteiger partial charge in [0.25, 0.3) is 0 Å². The van der Waals surface area contributed by atoms with Gasteiger partial charge in [-0.05, 0) is 30.0 Å². The summed E-state index contributed by atoms with van der Waals surface area (Å²) in [6, 6.07) is 7.29.